The van der Waals surface area contributed by atoms with Crippen molar-refractivity contribution in [3.8, 4) is 0 Å². The Morgan fingerprint density at radius 1 is 1.41 bits per heavy atom. The molecule has 0 unspecified atom stereocenters. The predicted octanol–water partition coefficient (Wildman–Crippen LogP) is 0.389. The Morgan fingerprint density at radius 3 is 2.71 bits per heavy atom. The van der Waals surface area contributed by atoms with Crippen LogP contribution in [-0.4, -0.2) is 56.5 Å². The molecule has 0 fully saturated rings. The van der Waals surface area contributed by atoms with Gasteiger partial charge in [0, 0.05) is 13.1 Å². The lowest BCUT2D eigenvalue weighted by molar-refractivity contribution is -0.131. The summed E-state index contributed by atoms with van der Waals surface area (Å²) in [5, 5.41) is 2.88. The van der Waals surface area contributed by atoms with E-state index < -0.39 is 0 Å². The fourth-order valence-electron chi connectivity index (χ4n) is 1.47. The van der Waals surface area contributed by atoms with Gasteiger partial charge in [0.25, 0.3) is 0 Å². The van der Waals surface area contributed by atoms with Crippen LogP contribution in [0, 0.1) is 0 Å². The molecule has 5 heteroatoms. The number of likely N-dealkylation sites (N-methyl/N-ethyl adjacent to an activating group) is 2. The zero-order valence-corrected chi connectivity index (χ0v) is 10.8. The summed E-state index contributed by atoms with van der Waals surface area (Å²) in [4.78, 5) is 15.7. The van der Waals surface area contributed by atoms with E-state index >= 15 is 0 Å². The zero-order chi connectivity index (χ0) is 12.7. The monoisotopic (exact) mass is 239 g/mol. The van der Waals surface area contributed by atoms with Gasteiger partial charge in [-0.05, 0) is 33.3 Å². The second kappa shape index (κ2) is 7.09. The number of carbonyl (C=O) groups excluding carboxylic acids is 1. The summed E-state index contributed by atoms with van der Waals surface area (Å²) in [6.07, 6.45) is 1.63. The van der Waals surface area contributed by atoms with Gasteiger partial charge in [0.05, 0.1) is 19.4 Å². The van der Waals surface area contributed by atoms with E-state index in [-0.39, 0.29) is 5.91 Å². The summed E-state index contributed by atoms with van der Waals surface area (Å²) in [6.45, 7) is 2.43. The molecule has 1 rings (SSSR count). The molecule has 1 N–H and O–H groups in total. The lowest BCUT2D eigenvalue weighted by Crippen LogP contribution is -2.40. The van der Waals surface area contributed by atoms with Crippen LogP contribution in [0.4, 0.5) is 0 Å². The second-order valence-electron chi connectivity index (χ2n) is 4.23. The van der Waals surface area contributed by atoms with Crippen molar-refractivity contribution < 1.29 is 9.21 Å². The van der Waals surface area contributed by atoms with Crippen molar-refractivity contribution in [3.63, 3.8) is 0 Å². The molecule has 0 aliphatic carbocycles. The van der Waals surface area contributed by atoms with Crippen molar-refractivity contribution in [1.82, 2.24) is 15.1 Å². The third kappa shape index (κ3) is 5.01. The second-order valence-corrected chi connectivity index (χ2v) is 4.23. The molecule has 0 aromatic carbocycles. The molecule has 0 aliphatic heterocycles. The van der Waals surface area contributed by atoms with Crippen LogP contribution in [0.2, 0.25) is 0 Å². The standard InChI is InChI=1S/C12H21N3O2/c1-13-9-12(16)15(7-6-14(2)3)10-11-5-4-8-17-11/h4-5,8,13H,6-7,9-10H2,1-3H3. The van der Waals surface area contributed by atoms with Gasteiger partial charge in [0.1, 0.15) is 5.76 Å². The van der Waals surface area contributed by atoms with Gasteiger partial charge >= 0.3 is 0 Å². The Kier molecular flexibility index (Phi) is 5.72. The normalized spacial score (nSPS) is 10.8. The number of rotatable bonds is 7. The Morgan fingerprint density at radius 2 is 2.18 bits per heavy atom. The summed E-state index contributed by atoms with van der Waals surface area (Å²) in [5.41, 5.74) is 0. The van der Waals surface area contributed by atoms with Gasteiger partial charge in [-0.3, -0.25) is 4.79 Å². The Hall–Kier alpha value is -1.33. The minimum absolute atomic E-state index is 0.0887. The fourth-order valence-corrected chi connectivity index (χ4v) is 1.47. The van der Waals surface area contributed by atoms with Gasteiger partial charge in [-0.25, -0.2) is 0 Å². The number of carbonyl (C=O) groups is 1. The molecular weight excluding hydrogens is 218 g/mol. The van der Waals surface area contributed by atoms with Crippen LogP contribution >= 0.6 is 0 Å². The molecule has 1 amide bonds. The summed E-state index contributed by atoms with van der Waals surface area (Å²) in [7, 11) is 5.76. The molecule has 1 heterocycles. The maximum Gasteiger partial charge on any atom is 0.236 e. The molecule has 96 valence electrons. The van der Waals surface area contributed by atoms with Gasteiger partial charge in [-0.15, -0.1) is 0 Å². The van der Waals surface area contributed by atoms with E-state index in [2.05, 4.69) is 10.2 Å². The van der Waals surface area contributed by atoms with Crippen molar-refractivity contribution in [3.05, 3.63) is 24.2 Å². The third-order valence-corrected chi connectivity index (χ3v) is 2.42. The Bertz CT molecular complexity index is 323. The molecule has 17 heavy (non-hydrogen) atoms. The zero-order valence-electron chi connectivity index (χ0n) is 10.8. The number of hydrogen-bond donors (Lipinski definition) is 1. The first-order chi connectivity index (χ1) is 8.13. The minimum Gasteiger partial charge on any atom is -0.467 e. The van der Waals surface area contributed by atoms with Crippen molar-refractivity contribution in [2.24, 2.45) is 0 Å². The first-order valence-corrected chi connectivity index (χ1v) is 5.73. The van der Waals surface area contributed by atoms with Crippen LogP contribution in [0.3, 0.4) is 0 Å². The Balaban J connectivity index is 2.55. The van der Waals surface area contributed by atoms with Gasteiger partial charge in [0.15, 0.2) is 0 Å². The van der Waals surface area contributed by atoms with E-state index in [1.165, 1.54) is 0 Å². The summed E-state index contributed by atoms with van der Waals surface area (Å²) in [5.74, 6) is 0.902. The quantitative estimate of drug-likeness (QED) is 0.748. The van der Waals surface area contributed by atoms with Crippen LogP contribution in [0.5, 0.6) is 0 Å². The highest BCUT2D eigenvalue weighted by atomic mass is 16.3. The van der Waals surface area contributed by atoms with Crippen LogP contribution in [0.1, 0.15) is 5.76 Å². The van der Waals surface area contributed by atoms with Crippen LogP contribution < -0.4 is 5.32 Å². The highest BCUT2D eigenvalue weighted by Gasteiger charge is 2.14. The maximum atomic E-state index is 11.9. The van der Waals surface area contributed by atoms with E-state index in [1.807, 2.05) is 26.2 Å². The van der Waals surface area contributed by atoms with E-state index in [4.69, 9.17) is 4.42 Å². The lowest BCUT2D eigenvalue weighted by atomic mass is 10.3. The van der Waals surface area contributed by atoms with Crippen LogP contribution in [0.25, 0.3) is 0 Å². The molecule has 0 radical (unpaired) electrons. The molecule has 0 saturated heterocycles. The number of amides is 1. The van der Waals surface area contributed by atoms with Gasteiger partial charge < -0.3 is 19.5 Å². The van der Waals surface area contributed by atoms with Gasteiger partial charge in [-0.2, -0.15) is 0 Å². The molecule has 0 bridgehead atoms. The molecule has 5 nitrogen and oxygen atoms in total. The highest BCUT2D eigenvalue weighted by molar-refractivity contribution is 5.78. The summed E-state index contributed by atoms with van der Waals surface area (Å²) < 4.78 is 5.27. The van der Waals surface area contributed by atoms with Gasteiger partial charge in [0.2, 0.25) is 5.91 Å². The van der Waals surface area contributed by atoms with E-state index in [9.17, 15) is 4.79 Å². The van der Waals surface area contributed by atoms with E-state index in [0.717, 1.165) is 12.3 Å². The fraction of sp³-hybridized carbons (Fsp3) is 0.583. The molecule has 0 aliphatic rings. The maximum absolute atomic E-state index is 11.9. The van der Waals surface area contributed by atoms with E-state index in [0.29, 0.717) is 19.6 Å². The molecular formula is C12H21N3O2. The molecule has 1 aromatic rings. The topological polar surface area (TPSA) is 48.7 Å². The Labute approximate surface area is 102 Å². The number of furan rings is 1. The first kappa shape index (κ1) is 13.7. The van der Waals surface area contributed by atoms with Crippen molar-refractivity contribution in [2.45, 2.75) is 6.54 Å². The lowest BCUT2D eigenvalue weighted by Gasteiger charge is -2.23. The molecule has 1 aromatic heterocycles. The van der Waals surface area contributed by atoms with Crippen LogP contribution in [0.15, 0.2) is 22.8 Å². The van der Waals surface area contributed by atoms with Crippen molar-refractivity contribution in [1.29, 1.82) is 0 Å². The SMILES string of the molecule is CNCC(=O)N(CCN(C)C)Cc1ccco1. The number of nitrogens with one attached hydrogen (secondary N) is 1. The smallest absolute Gasteiger partial charge is 0.236 e. The number of hydrogen-bond acceptors (Lipinski definition) is 4. The van der Waals surface area contributed by atoms with Crippen molar-refractivity contribution in [2.75, 3.05) is 40.8 Å². The molecule has 0 spiro atoms. The summed E-state index contributed by atoms with van der Waals surface area (Å²) >= 11 is 0. The highest BCUT2D eigenvalue weighted by Crippen LogP contribution is 2.05. The molecule has 0 saturated carbocycles. The minimum atomic E-state index is 0.0887. The largest absolute Gasteiger partial charge is 0.467 e. The average Bonchev–Trinajstić information content (AvgIpc) is 2.76. The molecule has 0 atom stereocenters. The summed E-state index contributed by atoms with van der Waals surface area (Å²) in [6, 6.07) is 3.72. The number of nitrogens with zero attached hydrogens (tertiary/aromatic N) is 2. The first-order valence-electron chi connectivity index (χ1n) is 5.73. The van der Waals surface area contributed by atoms with Crippen molar-refractivity contribution >= 4 is 5.91 Å². The van der Waals surface area contributed by atoms with E-state index in [1.54, 1.807) is 18.2 Å². The third-order valence-electron chi connectivity index (χ3n) is 2.42. The van der Waals surface area contributed by atoms with Crippen LogP contribution in [-0.2, 0) is 11.3 Å². The average molecular weight is 239 g/mol. The predicted molar refractivity (Wildman–Crippen MR) is 66.6 cm³/mol. The van der Waals surface area contributed by atoms with Gasteiger partial charge in [-0.1, -0.05) is 0 Å².